The largest absolute Gasteiger partial charge is 0.340 e. The maximum absolute atomic E-state index is 12.3. The fraction of sp³-hybridized carbons (Fsp3) is 0.786. The molecule has 1 fully saturated rings. The lowest BCUT2D eigenvalue weighted by Gasteiger charge is -2.22. The number of hydrogen-bond donors (Lipinski definition) is 1. The summed E-state index contributed by atoms with van der Waals surface area (Å²) in [6.07, 6.45) is 1.17. The van der Waals surface area contributed by atoms with Gasteiger partial charge in [-0.05, 0) is 31.7 Å². The number of aromatic amines is 1. The van der Waals surface area contributed by atoms with Crippen molar-refractivity contribution in [2.45, 2.75) is 27.2 Å². The smallest absolute Gasteiger partial charge is 0.276 e. The van der Waals surface area contributed by atoms with E-state index in [0.29, 0.717) is 23.2 Å². The Balaban J connectivity index is 1.85. The van der Waals surface area contributed by atoms with E-state index in [1.165, 1.54) is 6.42 Å². The highest BCUT2D eigenvalue weighted by molar-refractivity contribution is 5.92. The Morgan fingerprint density at radius 3 is 2.85 bits per heavy atom. The summed E-state index contributed by atoms with van der Waals surface area (Å²) in [6.45, 7) is 10.5. The number of nitrogens with one attached hydrogen (secondary N) is 1. The maximum atomic E-state index is 12.3. The van der Waals surface area contributed by atoms with E-state index in [1.54, 1.807) is 11.8 Å². The second-order valence-electron chi connectivity index (χ2n) is 6.25. The van der Waals surface area contributed by atoms with Gasteiger partial charge in [-0.2, -0.15) is 15.4 Å². The van der Waals surface area contributed by atoms with Crippen LogP contribution in [0, 0.1) is 18.8 Å². The zero-order valence-electron chi connectivity index (χ0n) is 12.9. The molecule has 0 bridgehead atoms. The zero-order valence-corrected chi connectivity index (χ0v) is 12.9. The molecule has 2 heterocycles. The van der Waals surface area contributed by atoms with Crippen LogP contribution in [0.25, 0.3) is 0 Å². The number of carbonyl (C=O) groups is 1. The molecule has 20 heavy (non-hydrogen) atoms. The van der Waals surface area contributed by atoms with E-state index in [0.717, 1.165) is 26.2 Å². The molecule has 1 aromatic rings. The number of aryl methyl sites for hydroxylation is 1. The van der Waals surface area contributed by atoms with Crippen LogP contribution in [-0.2, 0) is 0 Å². The molecular weight excluding hydrogens is 254 g/mol. The van der Waals surface area contributed by atoms with Crippen LogP contribution in [0.3, 0.4) is 0 Å². The molecule has 0 saturated carbocycles. The molecule has 1 aromatic heterocycles. The SMILES string of the molecule is Cc1n[nH]nc1C(=O)N(C)CC1CCN(CC(C)C)C1. The van der Waals surface area contributed by atoms with Crippen LogP contribution in [0.2, 0.25) is 0 Å². The van der Waals surface area contributed by atoms with Gasteiger partial charge in [0.1, 0.15) is 0 Å². The predicted molar refractivity (Wildman–Crippen MR) is 77.5 cm³/mol. The average Bonchev–Trinajstić information content (AvgIpc) is 2.97. The number of nitrogens with zero attached hydrogens (tertiary/aromatic N) is 4. The van der Waals surface area contributed by atoms with Crippen molar-refractivity contribution in [1.82, 2.24) is 25.2 Å². The molecule has 1 saturated heterocycles. The summed E-state index contributed by atoms with van der Waals surface area (Å²) < 4.78 is 0. The van der Waals surface area contributed by atoms with Gasteiger partial charge in [0.2, 0.25) is 0 Å². The first-order chi connectivity index (χ1) is 9.47. The van der Waals surface area contributed by atoms with Gasteiger partial charge < -0.3 is 9.80 Å². The molecule has 1 atom stereocenters. The first kappa shape index (κ1) is 15.0. The topological polar surface area (TPSA) is 65.1 Å². The van der Waals surface area contributed by atoms with Crippen LogP contribution in [0.1, 0.15) is 36.5 Å². The third kappa shape index (κ3) is 3.56. The van der Waals surface area contributed by atoms with Gasteiger partial charge in [0, 0.05) is 26.7 Å². The van der Waals surface area contributed by atoms with Gasteiger partial charge in [0.15, 0.2) is 5.69 Å². The minimum Gasteiger partial charge on any atom is -0.340 e. The highest BCUT2D eigenvalue weighted by Gasteiger charge is 2.26. The molecule has 0 aliphatic carbocycles. The zero-order chi connectivity index (χ0) is 14.7. The molecule has 1 unspecified atom stereocenters. The van der Waals surface area contributed by atoms with Gasteiger partial charge in [-0.3, -0.25) is 4.79 Å². The summed E-state index contributed by atoms with van der Waals surface area (Å²) in [5, 5.41) is 10.3. The fourth-order valence-electron chi connectivity index (χ4n) is 2.88. The standard InChI is InChI=1S/C14H25N5O/c1-10(2)7-19-6-5-12(9-19)8-18(4)14(20)13-11(3)15-17-16-13/h10,12H,5-9H2,1-4H3,(H,15,16,17). The minimum absolute atomic E-state index is 0.0430. The summed E-state index contributed by atoms with van der Waals surface area (Å²) in [5.74, 6) is 1.22. The van der Waals surface area contributed by atoms with E-state index in [4.69, 9.17) is 0 Å². The van der Waals surface area contributed by atoms with E-state index in [2.05, 4.69) is 34.2 Å². The molecule has 6 nitrogen and oxygen atoms in total. The Morgan fingerprint density at radius 2 is 2.25 bits per heavy atom. The van der Waals surface area contributed by atoms with Gasteiger partial charge in [-0.1, -0.05) is 13.8 Å². The normalized spacial score (nSPS) is 19.8. The maximum Gasteiger partial charge on any atom is 0.276 e. The second kappa shape index (κ2) is 6.35. The van der Waals surface area contributed by atoms with Crippen molar-refractivity contribution in [2.75, 3.05) is 33.2 Å². The molecule has 0 aromatic carbocycles. The summed E-state index contributed by atoms with van der Waals surface area (Å²) in [5.41, 5.74) is 1.10. The number of likely N-dealkylation sites (tertiary alicyclic amines) is 1. The van der Waals surface area contributed by atoms with Crippen molar-refractivity contribution in [3.05, 3.63) is 11.4 Å². The Bertz CT molecular complexity index is 456. The lowest BCUT2D eigenvalue weighted by molar-refractivity contribution is 0.0766. The molecule has 1 aliphatic rings. The molecule has 0 radical (unpaired) electrons. The van der Waals surface area contributed by atoms with Crippen molar-refractivity contribution < 1.29 is 4.79 Å². The van der Waals surface area contributed by atoms with Gasteiger partial charge in [0.05, 0.1) is 5.69 Å². The van der Waals surface area contributed by atoms with Gasteiger partial charge in [-0.15, -0.1) is 0 Å². The Morgan fingerprint density at radius 1 is 1.50 bits per heavy atom. The van der Waals surface area contributed by atoms with Crippen LogP contribution in [0.4, 0.5) is 0 Å². The molecule has 112 valence electrons. The van der Waals surface area contributed by atoms with Crippen LogP contribution >= 0.6 is 0 Å². The highest BCUT2D eigenvalue weighted by atomic mass is 16.2. The van der Waals surface area contributed by atoms with Crippen LogP contribution in [-0.4, -0.2) is 64.3 Å². The number of hydrogen-bond acceptors (Lipinski definition) is 4. The van der Waals surface area contributed by atoms with E-state index in [9.17, 15) is 4.79 Å². The Kier molecular flexibility index (Phi) is 4.75. The van der Waals surface area contributed by atoms with E-state index in [-0.39, 0.29) is 5.91 Å². The number of H-pyrrole nitrogens is 1. The summed E-state index contributed by atoms with van der Waals surface area (Å²) in [7, 11) is 1.85. The molecule has 1 N–H and O–H groups in total. The van der Waals surface area contributed by atoms with Crippen molar-refractivity contribution in [3.63, 3.8) is 0 Å². The number of rotatable bonds is 5. The average molecular weight is 279 g/mol. The van der Waals surface area contributed by atoms with Crippen molar-refractivity contribution in [2.24, 2.45) is 11.8 Å². The van der Waals surface area contributed by atoms with Crippen LogP contribution < -0.4 is 0 Å². The Hall–Kier alpha value is -1.43. The molecule has 2 rings (SSSR count). The molecular formula is C14H25N5O. The van der Waals surface area contributed by atoms with E-state index < -0.39 is 0 Å². The molecule has 1 amide bonds. The van der Waals surface area contributed by atoms with E-state index in [1.807, 2.05) is 7.05 Å². The Labute approximate surface area is 120 Å². The molecule has 0 spiro atoms. The number of aromatic nitrogens is 3. The third-order valence-electron chi connectivity index (χ3n) is 3.80. The fourth-order valence-corrected chi connectivity index (χ4v) is 2.88. The van der Waals surface area contributed by atoms with Crippen molar-refractivity contribution in [3.8, 4) is 0 Å². The summed E-state index contributed by atoms with van der Waals surface area (Å²) in [6, 6.07) is 0. The van der Waals surface area contributed by atoms with Crippen LogP contribution in [0.15, 0.2) is 0 Å². The monoisotopic (exact) mass is 279 g/mol. The second-order valence-corrected chi connectivity index (χ2v) is 6.25. The van der Waals surface area contributed by atoms with Crippen LogP contribution in [0.5, 0.6) is 0 Å². The van der Waals surface area contributed by atoms with E-state index >= 15 is 0 Å². The van der Waals surface area contributed by atoms with Gasteiger partial charge >= 0.3 is 0 Å². The lowest BCUT2D eigenvalue weighted by atomic mass is 10.1. The third-order valence-corrected chi connectivity index (χ3v) is 3.80. The van der Waals surface area contributed by atoms with Crippen molar-refractivity contribution in [1.29, 1.82) is 0 Å². The molecule has 6 heteroatoms. The molecule has 1 aliphatic heterocycles. The minimum atomic E-state index is -0.0430. The summed E-state index contributed by atoms with van der Waals surface area (Å²) >= 11 is 0. The number of carbonyl (C=O) groups excluding carboxylic acids is 1. The highest BCUT2D eigenvalue weighted by Crippen LogP contribution is 2.19. The first-order valence-corrected chi connectivity index (χ1v) is 7.32. The lowest BCUT2D eigenvalue weighted by Crippen LogP contribution is -2.34. The summed E-state index contributed by atoms with van der Waals surface area (Å²) in [4.78, 5) is 16.5. The predicted octanol–water partition coefficient (Wildman–Crippen LogP) is 1.16. The van der Waals surface area contributed by atoms with Gasteiger partial charge in [-0.25, -0.2) is 0 Å². The quantitative estimate of drug-likeness (QED) is 0.878. The van der Waals surface area contributed by atoms with Crippen molar-refractivity contribution >= 4 is 5.91 Å². The van der Waals surface area contributed by atoms with Gasteiger partial charge in [0.25, 0.3) is 5.91 Å². The number of amides is 1. The first-order valence-electron chi connectivity index (χ1n) is 7.32.